The van der Waals surface area contributed by atoms with E-state index in [2.05, 4.69) is 10.3 Å². The summed E-state index contributed by atoms with van der Waals surface area (Å²) in [5.41, 5.74) is 5.58. The summed E-state index contributed by atoms with van der Waals surface area (Å²) in [4.78, 5) is 29.7. The molecule has 8 heteroatoms. The lowest BCUT2D eigenvalue weighted by atomic mass is 10.0. The van der Waals surface area contributed by atoms with Gasteiger partial charge in [0.1, 0.15) is 16.9 Å². The van der Waals surface area contributed by atoms with Crippen LogP contribution >= 0.6 is 11.8 Å². The normalized spacial score (nSPS) is 13.2. The number of amides is 2. The third-order valence-electron chi connectivity index (χ3n) is 4.42. The average Bonchev–Trinajstić information content (AvgIpc) is 3.02. The number of nitrogens with two attached hydrogens (primary N) is 1. The van der Waals surface area contributed by atoms with Gasteiger partial charge in [0.2, 0.25) is 5.91 Å². The predicted octanol–water partition coefficient (Wildman–Crippen LogP) is 2.39. The molecular weight excluding hydrogens is 378 g/mol. The first-order valence-corrected chi connectivity index (χ1v) is 9.62. The monoisotopic (exact) mass is 399 g/mol. The molecule has 0 bridgehead atoms. The van der Waals surface area contributed by atoms with Crippen LogP contribution < -0.4 is 11.1 Å². The van der Waals surface area contributed by atoms with E-state index in [-0.39, 0.29) is 0 Å². The van der Waals surface area contributed by atoms with E-state index in [4.69, 9.17) is 10.2 Å². The molecule has 0 saturated carbocycles. The molecule has 2 heterocycles. The number of rotatable bonds is 7. The summed E-state index contributed by atoms with van der Waals surface area (Å²) in [6, 6.07) is 11.3. The molecule has 1 aromatic carbocycles. The summed E-state index contributed by atoms with van der Waals surface area (Å²) >= 11 is 1.59. The molecular formula is C20H21N3O4S. The minimum Gasteiger partial charge on any atom is -0.461 e. The van der Waals surface area contributed by atoms with Gasteiger partial charge < -0.3 is 20.6 Å². The lowest BCUT2D eigenvalue weighted by Crippen LogP contribution is -2.57. The fraction of sp³-hybridized carbons (Fsp3) is 0.250. The molecule has 0 aliphatic rings. The number of nitrogens with zero attached hydrogens (tertiary/aromatic N) is 1. The second-order valence-corrected chi connectivity index (χ2v) is 7.66. The van der Waals surface area contributed by atoms with Gasteiger partial charge in [0.05, 0.1) is 17.9 Å². The minimum atomic E-state index is -1.56. The number of carbonyl (C=O) groups excluding carboxylic acids is 2. The molecule has 0 aliphatic heterocycles. The first-order valence-electron chi connectivity index (χ1n) is 8.63. The van der Waals surface area contributed by atoms with Gasteiger partial charge in [0.15, 0.2) is 0 Å². The number of aliphatic hydroxyl groups is 1. The molecule has 3 aromatic rings. The van der Waals surface area contributed by atoms with Crippen molar-refractivity contribution in [3.63, 3.8) is 0 Å². The summed E-state index contributed by atoms with van der Waals surface area (Å²) in [7, 11) is 0. The summed E-state index contributed by atoms with van der Waals surface area (Å²) < 4.78 is 5.69. The number of aromatic nitrogens is 1. The molecule has 0 fully saturated rings. The van der Waals surface area contributed by atoms with Gasteiger partial charge in [-0.1, -0.05) is 6.07 Å². The maximum absolute atomic E-state index is 12.8. The lowest BCUT2D eigenvalue weighted by Gasteiger charge is -2.24. The number of hydrogen-bond acceptors (Lipinski definition) is 6. The zero-order valence-corrected chi connectivity index (χ0v) is 16.4. The molecule has 0 radical (unpaired) electrons. The lowest BCUT2D eigenvalue weighted by molar-refractivity contribution is -0.124. The van der Waals surface area contributed by atoms with Crippen molar-refractivity contribution in [2.45, 2.75) is 30.0 Å². The largest absolute Gasteiger partial charge is 0.461 e. The number of thioether (sulfide) groups is 1. The van der Waals surface area contributed by atoms with Gasteiger partial charge in [-0.2, -0.15) is 0 Å². The Kier molecular flexibility index (Phi) is 5.71. The Labute approximate surface area is 166 Å². The van der Waals surface area contributed by atoms with Gasteiger partial charge in [0, 0.05) is 22.2 Å². The SMILES string of the molecule is Cc1oc2ccc(SCc3ccccn3)cc2c1C(=O)N[C@@](C)(CO)C(N)=O. The maximum Gasteiger partial charge on any atom is 0.256 e. The van der Waals surface area contributed by atoms with E-state index in [1.807, 2.05) is 30.3 Å². The van der Waals surface area contributed by atoms with E-state index in [0.29, 0.717) is 28.0 Å². The van der Waals surface area contributed by atoms with Crippen molar-refractivity contribution in [3.8, 4) is 0 Å². The number of furan rings is 1. The van der Waals surface area contributed by atoms with Crippen molar-refractivity contribution in [3.05, 3.63) is 59.6 Å². The maximum atomic E-state index is 12.8. The molecule has 0 spiro atoms. The van der Waals surface area contributed by atoms with Crippen LogP contribution in [0, 0.1) is 6.92 Å². The highest BCUT2D eigenvalue weighted by Crippen LogP contribution is 2.31. The first kappa shape index (κ1) is 19.9. The van der Waals surface area contributed by atoms with Crippen molar-refractivity contribution in [1.82, 2.24) is 10.3 Å². The molecule has 2 aromatic heterocycles. The highest BCUT2D eigenvalue weighted by Gasteiger charge is 2.34. The smallest absolute Gasteiger partial charge is 0.256 e. The van der Waals surface area contributed by atoms with Gasteiger partial charge in [-0.05, 0) is 44.2 Å². The van der Waals surface area contributed by atoms with E-state index >= 15 is 0 Å². The number of pyridine rings is 1. The fourth-order valence-electron chi connectivity index (χ4n) is 2.70. The number of nitrogens with one attached hydrogen (secondary N) is 1. The zero-order chi connectivity index (χ0) is 20.3. The number of hydrogen-bond donors (Lipinski definition) is 3. The number of fused-ring (bicyclic) bond motifs is 1. The second kappa shape index (κ2) is 8.04. The van der Waals surface area contributed by atoms with E-state index in [1.165, 1.54) is 6.92 Å². The fourth-order valence-corrected chi connectivity index (χ4v) is 3.55. The quantitative estimate of drug-likeness (QED) is 0.525. The number of carbonyl (C=O) groups is 2. The summed E-state index contributed by atoms with van der Waals surface area (Å²) in [5, 5.41) is 12.6. The summed E-state index contributed by atoms with van der Waals surface area (Å²) in [6.07, 6.45) is 1.75. The molecule has 2 amide bonds. The molecule has 4 N–H and O–H groups in total. The molecule has 0 saturated heterocycles. The van der Waals surface area contributed by atoms with E-state index in [1.54, 1.807) is 30.9 Å². The first-order chi connectivity index (χ1) is 13.3. The number of primary amides is 1. The number of aryl methyl sites for hydroxylation is 1. The Hall–Kier alpha value is -2.84. The van der Waals surface area contributed by atoms with Gasteiger partial charge >= 0.3 is 0 Å². The highest BCUT2D eigenvalue weighted by atomic mass is 32.2. The van der Waals surface area contributed by atoms with Crippen molar-refractivity contribution >= 4 is 34.5 Å². The predicted molar refractivity (Wildman–Crippen MR) is 107 cm³/mol. The van der Waals surface area contributed by atoms with Crippen LogP contribution in [0.1, 0.15) is 28.7 Å². The van der Waals surface area contributed by atoms with Gasteiger partial charge in [-0.3, -0.25) is 14.6 Å². The van der Waals surface area contributed by atoms with E-state index < -0.39 is 24.0 Å². The Morgan fingerprint density at radius 1 is 1.32 bits per heavy atom. The van der Waals surface area contributed by atoms with Crippen LogP contribution in [0.4, 0.5) is 0 Å². The minimum absolute atomic E-state index is 0.316. The standard InChI is InChI=1S/C20H21N3O4S/c1-12-17(18(25)23-20(2,11-24)19(21)26)15-9-14(6-7-16(15)27-12)28-10-13-5-3-4-8-22-13/h3-9,24H,10-11H2,1-2H3,(H2,21,26)(H,23,25)/t20-/m0/s1. The van der Waals surface area contributed by atoms with Crippen LogP contribution in [0.15, 0.2) is 51.9 Å². The molecule has 7 nitrogen and oxygen atoms in total. The van der Waals surface area contributed by atoms with Crippen molar-refractivity contribution in [1.29, 1.82) is 0 Å². The Balaban J connectivity index is 1.89. The van der Waals surface area contributed by atoms with Crippen molar-refractivity contribution in [2.24, 2.45) is 5.73 Å². The van der Waals surface area contributed by atoms with Crippen LogP contribution in [0.25, 0.3) is 11.0 Å². The Morgan fingerprint density at radius 2 is 2.11 bits per heavy atom. The molecule has 0 unspecified atom stereocenters. The van der Waals surface area contributed by atoms with Crippen LogP contribution in [0.3, 0.4) is 0 Å². The second-order valence-electron chi connectivity index (χ2n) is 6.61. The Bertz CT molecular complexity index is 1020. The third-order valence-corrected chi connectivity index (χ3v) is 5.45. The molecule has 0 aliphatic carbocycles. The average molecular weight is 399 g/mol. The topological polar surface area (TPSA) is 118 Å². The zero-order valence-electron chi connectivity index (χ0n) is 15.6. The van der Waals surface area contributed by atoms with Gasteiger partial charge in [0.25, 0.3) is 5.91 Å². The van der Waals surface area contributed by atoms with Crippen molar-refractivity contribution in [2.75, 3.05) is 6.61 Å². The number of aliphatic hydroxyl groups excluding tert-OH is 1. The molecule has 28 heavy (non-hydrogen) atoms. The summed E-state index contributed by atoms with van der Waals surface area (Å²) in [6.45, 7) is 2.45. The highest BCUT2D eigenvalue weighted by molar-refractivity contribution is 7.98. The Morgan fingerprint density at radius 3 is 2.75 bits per heavy atom. The third kappa shape index (κ3) is 4.02. The van der Waals surface area contributed by atoms with Crippen LogP contribution in [0.5, 0.6) is 0 Å². The van der Waals surface area contributed by atoms with E-state index in [9.17, 15) is 14.7 Å². The van der Waals surface area contributed by atoms with Gasteiger partial charge in [-0.15, -0.1) is 11.8 Å². The molecule has 1 atom stereocenters. The van der Waals surface area contributed by atoms with E-state index in [0.717, 1.165) is 10.6 Å². The molecule has 3 rings (SSSR count). The molecule has 146 valence electrons. The summed E-state index contributed by atoms with van der Waals surface area (Å²) in [5.74, 6) is -0.238. The van der Waals surface area contributed by atoms with Crippen molar-refractivity contribution < 1.29 is 19.1 Å². The van der Waals surface area contributed by atoms with Crippen LogP contribution in [0.2, 0.25) is 0 Å². The van der Waals surface area contributed by atoms with Crippen LogP contribution in [-0.2, 0) is 10.5 Å². The number of benzene rings is 1. The van der Waals surface area contributed by atoms with Crippen LogP contribution in [-0.4, -0.2) is 34.1 Å². The van der Waals surface area contributed by atoms with Gasteiger partial charge in [-0.25, -0.2) is 0 Å².